The lowest BCUT2D eigenvalue weighted by Crippen LogP contribution is -1.93. The van der Waals surface area contributed by atoms with Crippen LogP contribution in [0, 0.1) is 6.92 Å². The summed E-state index contributed by atoms with van der Waals surface area (Å²) in [5, 5.41) is 0.534. The van der Waals surface area contributed by atoms with Crippen molar-refractivity contribution in [3.8, 4) is 11.6 Å². The van der Waals surface area contributed by atoms with Crippen LogP contribution in [0.1, 0.15) is 11.1 Å². The first-order valence-electron chi connectivity index (χ1n) is 5.24. The summed E-state index contributed by atoms with van der Waals surface area (Å²) in [5.41, 5.74) is 1.88. The average molecular weight is 347 g/mol. The maximum absolute atomic E-state index is 6.09. The van der Waals surface area contributed by atoms with Crippen LogP contribution in [0.3, 0.4) is 0 Å². The van der Waals surface area contributed by atoms with Crippen LogP contribution in [0.2, 0.25) is 5.02 Å². The fourth-order valence-electron chi connectivity index (χ4n) is 1.46. The minimum absolute atomic E-state index is 0.438. The average Bonchev–Trinajstić information content (AvgIpc) is 2.34. The standard InChI is InChI=1S/C13H10BrCl2NO/c1-8-4-9(6-15)7-17-13(8)18-12-3-2-10(14)5-11(12)16/h2-5,7H,6H2,1H3. The molecule has 0 saturated heterocycles. The summed E-state index contributed by atoms with van der Waals surface area (Å²) in [4.78, 5) is 4.23. The zero-order chi connectivity index (χ0) is 13.1. The number of hydrogen-bond acceptors (Lipinski definition) is 2. The van der Waals surface area contributed by atoms with Gasteiger partial charge in [0.1, 0.15) is 5.75 Å². The van der Waals surface area contributed by atoms with Crippen molar-refractivity contribution in [1.29, 1.82) is 0 Å². The highest BCUT2D eigenvalue weighted by Crippen LogP contribution is 2.32. The van der Waals surface area contributed by atoms with Gasteiger partial charge in [-0.25, -0.2) is 4.98 Å². The first-order valence-corrected chi connectivity index (χ1v) is 6.95. The Morgan fingerprint density at radius 2 is 2.11 bits per heavy atom. The summed E-state index contributed by atoms with van der Waals surface area (Å²) in [5.74, 6) is 1.55. The van der Waals surface area contributed by atoms with Crippen LogP contribution < -0.4 is 4.74 Å². The first kappa shape index (κ1) is 13.7. The fraction of sp³-hybridized carbons (Fsp3) is 0.154. The number of pyridine rings is 1. The Bertz CT molecular complexity index is 575. The third-order valence-corrected chi connectivity index (χ3v) is 3.44. The molecule has 0 amide bonds. The van der Waals surface area contributed by atoms with E-state index in [4.69, 9.17) is 27.9 Å². The van der Waals surface area contributed by atoms with E-state index >= 15 is 0 Å². The SMILES string of the molecule is Cc1cc(CCl)cnc1Oc1ccc(Br)cc1Cl. The van der Waals surface area contributed by atoms with Gasteiger partial charge in [0.15, 0.2) is 0 Å². The second-order valence-corrected chi connectivity index (χ2v) is 5.37. The van der Waals surface area contributed by atoms with E-state index in [1.54, 1.807) is 18.3 Å². The van der Waals surface area contributed by atoms with Crippen molar-refractivity contribution < 1.29 is 4.74 Å². The minimum Gasteiger partial charge on any atom is -0.437 e. The van der Waals surface area contributed by atoms with Gasteiger partial charge in [-0.1, -0.05) is 27.5 Å². The number of halogens is 3. The molecule has 0 aliphatic carbocycles. The molecule has 1 aromatic carbocycles. The molecule has 1 heterocycles. The molecule has 94 valence electrons. The summed E-state index contributed by atoms with van der Waals surface area (Å²) in [6.07, 6.45) is 1.70. The van der Waals surface area contributed by atoms with E-state index in [1.807, 2.05) is 19.1 Å². The molecule has 0 bridgehead atoms. The summed E-state index contributed by atoms with van der Waals surface area (Å²) in [6.45, 7) is 1.92. The second-order valence-electron chi connectivity index (χ2n) is 3.78. The lowest BCUT2D eigenvalue weighted by Gasteiger charge is -2.09. The maximum Gasteiger partial charge on any atom is 0.222 e. The van der Waals surface area contributed by atoms with E-state index in [-0.39, 0.29) is 0 Å². The van der Waals surface area contributed by atoms with Crippen LogP contribution in [-0.2, 0) is 5.88 Å². The molecular formula is C13H10BrCl2NO. The van der Waals surface area contributed by atoms with Gasteiger partial charge in [0, 0.05) is 22.1 Å². The third-order valence-electron chi connectivity index (χ3n) is 2.34. The van der Waals surface area contributed by atoms with Crippen LogP contribution in [0.15, 0.2) is 34.9 Å². The summed E-state index contributed by atoms with van der Waals surface area (Å²) in [7, 11) is 0. The summed E-state index contributed by atoms with van der Waals surface area (Å²) >= 11 is 15.2. The highest BCUT2D eigenvalue weighted by Gasteiger charge is 2.07. The van der Waals surface area contributed by atoms with E-state index in [1.165, 1.54) is 0 Å². The van der Waals surface area contributed by atoms with Crippen LogP contribution in [0.5, 0.6) is 11.6 Å². The smallest absolute Gasteiger partial charge is 0.222 e. The molecule has 0 fully saturated rings. The number of benzene rings is 1. The Labute approximate surface area is 124 Å². The molecule has 0 aliphatic rings. The Morgan fingerprint density at radius 3 is 2.72 bits per heavy atom. The Hall–Kier alpha value is -0.770. The molecule has 0 radical (unpaired) electrons. The largest absolute Gasteiger partial charge is 0.437 e. The van der Waals surface area contributed by atoms with Crippen molar-refractivity contribution in [2.75, 3.05) is 0 Å². The van der Waals surface area contributed by atoms with Gasteiger partial charge >= 0.3 is 0 Å². The number of aryl methyl sites for hydroxylation is 1. The van der Waals surface area contributed by atoms with Crippen molar-refractivity contribution in [2.45, 2.75) is 12.8 Å². The number of alkyl halides is 1. The Balaban J connectivity index is 2.28. The van der Waals surface area contributed by atoms with Crippen molar-refractivity contribution in [2.24, 2.45) is 0 Å². The molecule has 2 aromatic rings. The molecule has 0 aliphatic heterocycles. The number of nitrogens with zero attached hydrogens (tertiary/aromatic N) is 1. The van der Waals surface area contributed by atoms with Gasteiger partial charge in [-0.05, 0) is 36.8 Å². The fourth-order valence-corrected chi connectivity index (χ4v) is 2.32. The lowest BCUT2D eigenvalue weighted by molar-refractivity contribution is 0.459. The van der Waals surface area contributed by atoms with Gasteiger partial charge < -0.3 is 4.74 Å². The topological polar surface area (TPSA) is 22.1 Å². The molecule has 18 heavy (non-hydrogen) atoms. The van der Waals surface area contributed by atoms with Crippen LogP contribution in [-0.4, -0.2) is 4.98 Å². The van der Waals surface area contributed by atoms with E-state index < -0.39 is 0 Å². The number of aromatic nitrogens is 1. The molecule has 0 atom stereocenters. The normalized spacial score (nSPS) is 10.4. The van der Waals surface area contributed by atoms with Crippen molar-refractivity contribution in [3.63, 3.8) is 0 Å². The summed E-state index contributed by atoms with van der Waals surface area (Å²) in [6, 6.07) is 7.38. The molecule has 0 unspecified atom stereocenters. The van der Waals surface area contributed by atoms with E-state index in [0.717, 1.165) is 15.6 Å². The minimum atomic E-state index is 0.438. The number of hydrogen-bond donors (Lipinski definition) is 0. The molecule has 0 N–H and O–H groups in total. The van der Waals surface area contributed by atoms with Crippen LogP contribution in [0.4, 0.5) is 0 Å². The predicted molar refractivity (Wildman–Crippen MR) is 77.8 cm³/mol. The zero-order valence-corrected chi connectivity index (χ0v) is 12.7. The highest BCUT2D eigenvalue weighted by molar-refractivity contribution is 9.10. The monoisotopic (exact) mass is 345 g/mol. The number of rotatable bonds is 3. The van der Waals surface area contributed by atoms with Crippen LogP contribution in [0.25, 0.3) is 0 Å². The lowest BCUT2D eigenvalue weighted by atomic mass is 10.2. The van der Waals surface area contributed by atoms with E-state index in [2.05, 4.69) is 20.9 Å². The summed E-state index contributed by atoms with van der Waals surface area (Å²) < 4.78 is 6.59. The Morgan fingerprint density at radius 1 is 1.33 bits per heavy atom. The van der Waals surface area contributed by atoms with Crippen LogP contribution >= 0.6 is 39.1 Å². The van der Waals surface area contributed by atoms with Crippen molar-refractivity contribution >= 4 is 39.1 Å². The van der Waals surface area contributed by atoms with Crippen molar-refractivity contribution in [1.82, 2.24) is 4.98 Å². The first-order chi connectivity index (χ1) is 8.60. The molecule has 5 heteroatoms. The van der Waals surface area contributed by atoms with Gasteiger partial charge in [-0.2, -0.15) is 0 Å². The van der Waals surface area contributed by atoms with E-state index in [9.17, 15) is 0 Å². The van der Waals surface area contributed by atoms with Gasteiger partial charge in [0.25, 0.3) is 0 Å². The molecule has 2 rings (SSSR count). The maximum atomic E-state index is 6.09. The third kappa shape index (κ3) is 3.16. The second kappa shape index (κ2) is 5.91. The van der Waals surface area contributed by atoms with E-state index in [0.29, 0.717) is 22.5 Å². The van der Waals surface area contributed by atoms with Gasteiger partial charge in [-0.3, -0.25) is 0 Å². The molecular weight excluding hydrogens is 337 g/mol. The quantitative estimate of drug-likeness (QED) is 0.700. The molecule has 2 nitrogen and oxygen atoms in total. The number of ether oxygens (including phenoxy) is 1. The van der Waals surface area contributed by atoms with Crippen molar-refractivity contribution in [3.05, 3.63) is 51.1 Å². The van der Waals surface area contributed by atoms with Gasteiger partial charge in [-0.15, -0.1) is 11.6 Å². The molecule has 0 spiro atoms. The molecule has 0 saturated carbocycles. The Kier molecular flexibility index (Phi) is 4.49. The zero-order valence-electron chi connectivity index (χ0n) is 9.58. The predicted octanol–water partition coefficient (Wildman–Crippen LogP) is 5.34. The van der Waals surface area contributed by atoms with Gasteiger partial charge in [0.2, 0.25) is 5.88 Å². The molecule has 1 aromatic heterocycles. The highest BCUT2D eigenvalue weighted by atomic mass is 79.9. The van der Waals surface area contributed by atoms with Gasteiger partial charge in [0.05, 0.1) is 5.02 Å².